The van der Waals surface area contributed by atoms with Crippen molar-refractivity contribution in [2.45, 2.75) is 46.6 Å². The van der Waals surface area contributed by atoms with E-state index in [0.29, 0.717) is 11.7 Å². The third kappa shape index (κ3) is 5.29. The molecule has 1 N–H and O–H groups in total. The zero-order chi connectivity index (χ0) is 21.0. The molecule has 0 aliphatic heterocycles. The van der Waals surface area contributed by atoms with Crippen molar-refractivity contribution in [1.29, 1.82) is 0 Å². The predicted molar refractivity (Wildman–Crippen MR) is 111 cm³/mol. The van der Waals surface area contributed by atoms with E-state index in [1.807, 2.05) is 49.7 Å². The number of rotatable bonds is 7. The molecule has 1 aromatic carbocycles. The van der Waals surface area contributed by atoms with Crippen LogP contribution in [0.1, 0.15) is 35.9 Å². The number of aromatic nitrogens is 2. The number of esters is 1. The normalized spacial score (nSPS) is 11.9. The van der Waals surface area contributed by atoms with Crippen LogP contribution in [0.15, 0.2) is 33.5 Å². The Balaban J connectivity index is 1.51. The van der Waals surface area contributed by atoms with E-state index in [4.69, 9.17) is 9.26 Å². The Morgan fingerprint density at radius 1 is 1.24 bits per heavy atom. The fourth-order valence-corrected chi connectivity index (χ4v) is 3.62. The number of hydrogen-bond donors (Lipinski definition) is 1. The summed E-state index contributed by atoms with van der Waals surface area (Å²) in [7, 11) is 0. The molecule has 152 valence electrons. The van der Waals surface area contributed by atoms with E-state index in [9.17, 15) is 9.59 Å². The lowest BCUT2D eigenvalue weighted by molar-refractivity contribution is -0.153. The van der Waals surface area contributed by atoms with Gasteiger partial charge in [0.15, 0.2) is 6.10 Å². The smallest absolute Gasteiger partial charge is 0.307 e. The molecule has 0 saturated carbocycles. The number of amides is 1. The molecular formula is C21H23N3O4S. The summed E-state index contributed by atoms with van der Waals surface area (Å²) in [4.78, 5) is 28.8. The summed E-state index contributed by atoms with van der Waals surface area (Å²) in [5, 5.41) is 10.6. The second kappa shape index (κ2) is 9.00. The molecule has 1 atom stereocenters. The van der Waals surface area contributed by atoms with Crippen LogP contribution in [0, 0.1) is 20.8 Å². The molecule has 0 fully saturated rings. The number of carbonyl (C=O) groups is 2. The molecule has 8 heteroatoms. The minimum Gasteiger partial charge on any atom is -0.453 e. The minimum absolute atomic E-state index is 0.0471. The molecule has 3 aromatic rings. The van der Waals surface area contributed by atoms with E-state index < -0.39 is 12.1 Å². The molecule has 0 bridgehead atoms. The maximum Gasteiger partial charge on any atom is 0.307 e. The van der Waals surface area contributed by atoms with Gasteiger partial charge in [-0.1, -0.05) is 22.9 Å². The summed E-state index contributed by atoms with van der Waals surface area (Å²) in [6.07, 6.45) is -0.613. The van der Waals surface area contributed by atoms with Crippen LogP contribution in [-0.4, -0.2) is 28.1 Å². The Kier molecular flexibility index (Phi) is 6.43. The Morgan fingerprint density at radius 3 is 2.62 bits per heavy atom. The van der Waals surface area contributed by atoms with Gasteiger partial charge in [0.1, 0.15) is 0 Å². The molecule has 1 amide bonds. The Morgan fingerprint density at radius 2 is 1.97 bits per heavy atom. The second-order valence-corrected chi connectivity index (χ2v) is 7.70. The van der Waals surface area contributed by atoms with Gasteiger partial charge in [-0.05, 0) is 50.3 Å². The van der Waals surface area contributed by atoms with Crippen LogP contribution in [-0.2, 0) is 20.7 Å². The van der Waals surface area contributed by atoms with E-state index in [2.05, 4.69) is 15.5 Å². The van der Waals surface area contributed by atoms with E-state index in [1.165, 1.54) is 0 Å². The molecule has 0 radical (unpaired) electrons. The number of nitrogens with zero attached hydrogens (tertiary/aromatic N) is 2. The van der Waals surface area contributed by atoms with Crippen molar-refractivity contribution < 1.29 is 18.8 Å². The van der Waals surface area contributed by atoms with Gasteiger partial charge in [-0.2, -0.15) is 16.3 Å². The van der Waals surface area contributed by atoms with Gasteiger partial charge in [-0.25, -0.2) is 0 Å². The van der Waals surface area contributed by atoms with Crippen molar-refractivity contribution in [1.82, 2.24) is 10.1 Å². The summed E-state index contributed by atoms with van der Waals surface area (Å²) in [5.41, 5.74) is 4.68. The number of benzene rings is 1. The number of ether oxygens (including phenoxy) is 1. The predicted octanol–water partition coefficient (Wildman–Crippen LogP) is 4.23. The van der Waals surface area contributed by atoms with E-state index in [0.717, 1.165) is 27.9 Å². The molecule has 2 aromatic heterocycles. The highest BCUT2D eigenvalue weighted by Crippen LogP contribution is 2.22. The molecule has 0 saturated heterocycles. The zero-order valence-corrected chi connectivity index (χ0v) is 17.6. The fraction of sp³-hybridized carbons (Fsp3) is 0.333. The van der Waals surface area contributed by atoms with E-state index in [-0.39, 0.29) is 18.7 Å². The van der Waals surface area contributed by atoms with Crippen molar-refractivity contribution in [3.05, 3.63) is 51.5 Å². The summed E-state index contributed by atoms with van der Waals surface area (Å²) >= 11 is 1.54. The number of hydrogen-bond acceptors (Lipinski definition) is 7. The largest absolute Gasteiger partial charge is 0.453 e. The Hall–Kier alpha value is -3.00. The fourth-order valence-electron chi connectivity index (χ4n) is 2.99. The van der Waals surface area contributed by atoms with Crippen LogP contribution in [0.3, 0.4) is 0 Å². The first-order valence-electron chi connectivity index (χ1n) is 9.27. The molecule has 7 nitrogen and oxygen atoms in total. The van der Waals surface area contributed by atoms with Gasteiger partial charge in [-0.3, -0.25) is 9.59 Å². The highest BCUT2D eigenvalue weighted by atomic mass is 32.1. The van der Waals surface area contributed by atoms with Gasteiger partial charge in [0.05, 0.1) is 6.42 Å². The Bertz CT molecular complexity index is 988. The third-order valence-electron chi connectivity index (χ3n) is 4.39. The SMILES string of the molecule is Cc1cc(C)c(NC(=O)C(C)OC(=O)CCc2nc(-c3ccsc3)no2)c(C)c1. The number of carbonyl (C=O) groups excluding carboxylic acids is 2. The summed E-state index contributed by atoms with van der Waals surface area (Å²) in [5.74, 6) is -0.0245. The number of aryl methyl sites for hydroxylation is 4. The first-order chi connectivity index (χ1) is 13.8. The first kappa shape index (κ1) is 20.7. The molecule has 1 unspecified atom stereocenters. The second-order valence-electron chi connectivity index (χ2n) is 6.92. The summed E-state index contributed by atoms with van der Waals surface area (Å²) < 4.78 is 10.4. The lowest BCUT2D eigenvalue weighted by atomic mass is 10.0. The first-order valence-corrected chi connectivity index (χ1v) is 10.2. The lowest BCUT2D eigenvalue weighted by Crippen LogP contribution is -2.30. The van der Waals surface area contributed by atoms with Crippen molar-refractivity contribution >= 4 is 28.9 Å². The van der Waals surface area contributed by atoms with E-state index >= 15 is 0 Å². The van der Waals surface area contributed by atoms with Crippen LogP contribution in [0.5, 0.6) is 0 Å². The van der Waals surface area contributed by atoms with Crippen molar-refractivity contribution in [3.8, 4) is 11.4 Å². The van der Waals surface area contributed by atoms with Crippen LogP contribution in [0.2, 0.25) is 0 Å². The van der Waals surface area contributed by atoms with Gasteiger partial charge in [0.25, 0.3) is 5.91 Å². The molecule has 0 spiro atoms. The third-order valence-corrected chi connectivity index (χ3v) is 5.08. The van der Waals surface area contributed by atoms with Crippen molar-refractivity contribution in [3.63, 3.8) is 0 Å². The van der Waals surface area contributed by atoms with Crippen LogP contribution < -0.4 is 5.32 Å². The van der Waals surface area contributed by atoms with Crippen LogP contribution >= 0.6 is 11.3 Å². The highest BCUT2D eigenvalue weighted by Gasteiger charge is 2.20. The zero-order valence-electron chi connectivity index (χ0n) is 16.8. The van der Waals surface area contributed by atoms with Gasteiger partial charge in [0.2, 0.25) is 11.7 Å². The number of thiophene rings is 1. The average molecular weight is 413 g/mol. The van der Waals surface area contributed by atoms with E-state index in [1.54, 1.807) is 18.3 Å². The molecule has 0 aliphatic rings. The van der Waals surface area contributed by atoms with Gasteiger partial charge in [0, 0.05) is 23.1 Å². The quantitative estimate of drug-likeness (QED) is 0.583. The van der Waals surface area contributed by atoms with Crippen LogP contribution in [0.4, 0.5) is 5.69 Å². The lowest BCUT2D eigenvalue weighted by Gasteiger charge is -2.16. The molecule has 2 heterocycles. The number of nitrogens with one attached hydrogen (secondary N) is 1. The maximum absolute atomic E-state index is 12.4. The molecule has 0 aliphatic carbocycles. The topological polar surface area (TPSA) is 94.3 Å². The van der Waals surface area contributed by atoms with Gasteiger partial charge >= 0.3 is 5.97 Å². The molecular weight excluding hydrogens is 390 g/mol. The summed E-state index contributed by atoms with van der Waals surface area (Å²) in [6, 6.07) is 5.88. The molecule has 3 rings (SSSR count). The van der Waals surface area contributed by atoms with Gasteiger partial charge in [-0.15, -0.1) is 0 Å². The number of anilines is 1. The van der Waals surface area contributed by atoms with Gasteiger partial charge < -0.3 is 14.6 Å². The molecule has 29 heavy (non-hydrogen) atoms. The van der Waals surface area contributed by atoms with Crippen molar-refractivity contribution in [2.75, 3.05) is 5.32 Å². The average Bonchev–Trinajstić information content (AvgIpc) is 3.34. The minimum atomic E-state index is -0.911. The maximum atomic E-state index is 12.4. The summed E-state index contributed by atoms with van der Waals surface area (Å²) in [6.45, 7) is 7.41. The van der Waals surface area contributed by atoms with Crippen LogP contribution in [0.25, 0.3) is 11.4 Å². The van der Waals surface area contributed by atoms with Crippen molar-refractivity contribution in [2.24, 2.45) is 0 Å². The highest BCUT2D eigenvalue weighted by molar-refractivity contribution is 7.08. The monoisotopic (exact) mass is 413 g/mol. The Labute approximate surface area is 173 Å². The standard InChI is InChI=1S/C21H23N3O4S/c1-12-9-13(2)19(14(3)10-12)23-21(26)15(4)27-18(25)6-5-17-22-20(24-28-17)16-7-8-29-11-16/h7-11,15H,5-6H2,1-4H3,(H,23,26).